The van der Waals surface area contributed by atoms with Crippen molar-refractivity contribution in [2.24, 2.45) is 0 Å². The fourth-order valence-corrected chi connectivity index (χ4v) is 2.42. The van der Waals surface area contributed by atoms with E-state index in [9.17, 15) is 14.3 Å². The molecule has 1 heterocycles. The SMILES string of the molecule is O=C(NCCC(O)c1cccs1)c1cccc(F)c1. The molecule has 5 heteroatoms. The van der Waals surface area contributed by atoms with Gasteiger partial charge in [-0.05, 0) is 36.1 Å². The van der Waals surface area contributed by atoms with Gasteiger partial charge in [-0.25, -0.2) is 4.39 Å². The lowest BCUT2D eigenvalue weighted by Crippen LogP contribution is -2.25. The van der Waals surface area contributed by atoms with E-state index in [-0.39, 0.29) is 11.5 Å². The molecule has 1 aromatic carbocycles. The van der Waals surface area contributed by atoms with Crippen molar-refractivity contribution in [2.45, 2.75) is 12.5 Å². The summed E-state index contributed by atoms with van der Waals surface area (Å²) in [4.78, 5) is 12.6. The lowest BCUT2D eigenvalue weighted by atomic mass is 10.2. The van der Waals surface area contributed by atoms with Crippen LogP contribution in [0.4, 0.5) is 4.39 Å². The molecule has 1 atom stereocenters. The van der Waals surface area contributed by atoms with Gasteiger partial charge in [-0.3, -0.25) is 4.79 Å². The van der Waals surface area contributed by atoms with Gasteiger partial charge >= 0.3 is 0 Å². The van der Waals surface area contributed by atoms with Gasteiger partial charge in [-0.15, -0.1) is 11.3 Å². The number of rotatable bonds is 5. The average Bonchev–Trinajstić information content (AvgIpc) is 2.92. The number of carbonyl (C=O) groups excluding carboxylic acids is 1. The van der Waals surface area contributed by atoms with Gasteiger partial charge in [0.05, 0.1) is 6.10 Å². The van der Waals surface area contributed by atoms with Gasteiger partial charge in [0.15, 0.2) is 0 Å². The predicted molar refractivity (Wildman–Crippen MR) is 72.6 cm³/mol. The molecule has 0 fully saturated rings. The van der Waals surface area contributed by atoms with Crippen LogP contribution < -0.4 is 5.32 Å². The Morgan fingerprint density at radius 1 is 1.37 bits per heavy atom. The number of thiophene rings is 1. The minimum absolute atomic E-state index is 0.283. The van der Waals surface area contributed by atoms with E-state index < -0.39 is 11.9 Å². The Labute approximate surface area is 114 Å². The zero-order chi connectivity index (χ0) is 13.7. The topological polar surface area (TPSA) is 49.3 Å². The van der Waals surface area contributed by atoms with E-state index in [1.165, 1.54) is 29.5 Å². The van der Waals surface area contributed by atoms with Crippen LogP contribution in [0.2, 0.25) is 0 Å². The van der Waals surface area contributed by atoms with Crippen LogP contribution in [-0.4, -0.2) is 17.6 Å². The highest BCUT2D eigenvalue weighted by Gasteiger charge is 2.10. The highest BCUT2D eigenvalue weighted by molar-refractivity contribution is 7.10. The highest BCUT2D eigenvalue weighted by atomic mass is 32.1. The smallest absolute Gasteiger partial charge is 0.251 e. The number of amides is 1. The molecule has 19 heavy (non-hydrogen) atoms. The van der Waals surface area contributed by atoms with E-state index in [1.807, 2.05) is 17.5 Å². The number of halogens is 1. The van der Waals surface area contributed by atoms with Crippen LogP contribution in [0.25, 0.3) is 0 Å². The zero-order valence-electron chi connectivity index (χ0n) is 10.2. The molecule has 2 N–H and O–H groups in total. The molecule has 3 nitrogen and oxygen atoms in total. The minimum atomic E-state index is -0.576. The van der Waals surface area contributed by atoms with Crippen molar-refractivity contribution in [3.63, 3.8) is 0 Å². The van der Waals surface area contributed by atoms with Gasteiger partial charge < -0.3 is 10.4 Å². The molecule has 0 saturated heterocycles. The highest BCUT2D eigenvalue weighted by Crippen LogP contribution is 2.20. The molecule has 0 bridgehead atoms. The number of aliphatic hydroxyl groups excluding tert-OH is 1. The molecule has 0 saturated carbocycles. The summed E-state index contributed by atoms with van der Waals surface area (Å²) in [5.41, 5.74) is 0.283. The zero-order valence-corrected chi connectivity index (χ0v) is 11.0. The quantitative estimate of drug-likeness (QED) is 0.884. The Morgan fingerprint density at radius 3 is 2.89 bits per heavy atom. The minimum Gasteiger partial charge on any atom is -0.388 e. The summed E-state index contributed by atoms with van der Waals surface area (Å²) < 4.78 is 12.9. The Balaban J connectivity index is 1.81. The molecular weight excluding hydrogens is 265 g/mol. The van der Waals surface area contributed by atoms with Crippen LogP contribution in [-0.2, 0) is 0 Å². The van der Waals surface area contributed by atoms with E-state index in [4.69, 9.17) is 0 Å². The first kappa shape index (κ1) is 13.7. The third kappa shape index (κ3) is 3.87. The van der Waals surface area contributed by atoms with E-state index in [0.717, 1.165) is 4.88 Å². The Hall–Kier alpha value is -1.72. The van der Waals surface area contributed by atoms with Gasteiger partial charge in [0.25, 0.3) is 5.91 Å². The molecule has 0 aliphatic carbocycles. The van der Waals surface area contributed by atoms with Gasteiger partial charge in [-0.2, -0.15) is 0 Å². The first-order chi connectivity index (χ1) is 9.16. The summed E-state index contributed by atoms with van der Waals surface area (Å²) >= 11 is 1.48. The Bertz CT molecular complexity index is 542. The number of carbonyl (C=O) groups is 1. The van der Waals surface area contributed by atoms with Crippen molar-refractivity contribution < 1.29 is 14.3 Å². The number of nitrogens with one attached hydrogen (secondary N) is 1. The second-order valence-electron chi connectivity index (χ2n) is 4.09. The summed E-state index contributed by atoms with van der Waals surface area (Å²) in [6, 6.07) is 9.24. The largest absolute Gasteiger partial charge is 0.388 e. The number of hydrogen-bond acceptors (Lipinski definition) is 3. The molecule has 2 rings (SSSR count). The van der Waals surface area contributed by atoms with Crippen LogP contribution in [0.5, 0.6) is 0 Å². The van der Waals surface area contributed by atoms with Crippen molar-refractivity contribution in [2.75, 3.05) is 6.54 Å². The standard InChI is InChI=1S/C14H14FNO2S/c15-11-4-1-3-10(9-11)14(18)16-7-6-12(17)13-5-2-8-19-13/h1-5,8-9,12,17H,6-7H2,(H,16,18). The summed E-state index contributed by atoms with van der Waals surface area (Å²) in [7, 11) is 0. The molecule has 0 spiro atoms. The lowest BCUT2D eigenvalue weighted by molar-refractivity contribution is 0.0943. The monoisotopic (exact) mass is 279 g/mol. The molecule has 1 aromatic heterocycles. The molecule has 0 aliphatic heterocycles. The van der Waals surface area contributed by atoms with Gasteiger partial charge in [0, 0.05) is 17.0 Å². The molecule has 1 unspecified atom stereocenters. The van der Waals surface area contributed by atoms with E-state index in [2.05, 4.69) is 5.32 Å². The van der Waals surface area contributed by atoms with Crippen LogP contribution in [0.15, 0.2) is 41.8 Å². The van der Waals surface area contributed by atoms with Crippen LogP contribution in [0.1, 0.15) is 27.8 Å². The van der Waals surface area contributed by atoms with E-state index in [0.29, 0.717) is 13.0 Å². The fraction of sp³-hybridized carbons (Fsp3) is 0.214. The Kier molecular flexibility index (Phi) is 4.65. The first-order valence-electron chi connectivity index (χ1n) is 5.92. The summed E-state index contributed by atoms with van der Waals surface area (Å²) in [6.07, 6.45) is -0.144. The predicted octanol–water partition coefficient (Wildman–Crippen LogP) is 2.74. The second kappa shape index (κ2) is 6.45. The second-order valence-corrected chi connectivity index (χ2v) is 5.07. The maximum atomic E-state index is 12.9. The third-order valence-corrected chi connectivity index (χ3v) is 3.64. The molecule has 100 valence electrons. The molecule has 0 radical (unpaired) electrons. The van der Waals surface area contributed by atoms with Crippen molar-refractivity contribution in [1.29, 1.82) is 0 Å². The first-order valence-corrected chi connectivity index (χ1v) is 6.80. The summed E-state index contributed by atoms with van der Waals surface area (Å²) in [6.45, 7) is 0.342. The van der Waals surface area contributed by atoms with Gasteiger partial charge in [-0.1, -0.05) is 12.1 Å². The van der Waals surface area contributed by atoms with Crippen molar-refractivity contribution in [1.82, 2.24) is 5.32 Å². The van der Waals surface area contributed by atoms with E-state index in [1.54, 1.807) is 6.07 Å². The maximum Gasteiger partial charge on any atom is 0.251 e. The third-order valence-electron chi connectivity index (χ3n) is 2.66. The number of benzene rings is 1. The van der Waals surface area contributed by atoms with Crippen molar-refractivity contribution in [3.05, 3.63) is 58.0 Å². The molecule has 2 aromatic rings. The van der Waals surface area contributed by atoms with Crippen LogP contribution in [0, 0.1) is 5.82 Å². The number of hydrogen-bond donors (Lipinski definition) is 2. The van der Waals surface area contributed by atoms with Gasteiger partial charge in [0.2, 0.25) is 0 Å². The average molecular weight is 279 g/mol. The normalized spacial score (nSPS) is 12.1. The van der Waals surface area contributed by atoms with Crippen LogP contribution >= 0.6 is 11.3 Å². The molecule has 1 amide bonds. The summed E-state index contributed by atoms with van der Waals surface area (Å²) in [5, 5.41) is 14.4. The van der Waals surface area contributed by atoms with Gasteiger partial charge in [0.1, 0.15) is 5.82 Å². The maximum absolute atomic E-state index is 12.9. The number of aliphatic hydroxyl groups is 1. The summed E-state index contributed by atoms with van der Waals surface area (Å²) in [5.74, 6) is -0.774. The van der Waals surface area contributed by atoms with Crippen LogP contribution in [0.3, 0.4) is 0 Å². The van der Waals surface area contributed by atoms with Crippen molar-refractivity contribution in [3.8, 4) is 0 Å². The fourth-order valence-electron chi connectivity index (χ4n) is 1.68. The molecule has 0 aliphatic rings. The van der Waals surface area contributed by atoms with E-state index >= 15 is 0 Å². The van der Waals surface area contributed by atoms with Crippen molar-refractivity contribution >= 4 is 17.2 Å². The Morgan fingerprint density at radius 2 is 2.21 bits per heavy atom. The molecular formula is C14H14FNO2S. The lowest BCUT2D eigenvalue weighted by Gasteiger charge is -2.09.